The number of nitrogens with one attached hydrogen (secondary N) is 1. The van der Waals surface area contributed by atoms with Gasteiger partial charge >= 0.3 is 5.97 Å². The standard InChI is InChI=1S/C30H26N2O5/c1-16-8-7-13-22(17(16)2)31-23(33)15-37-24(34)14-32-29(35)27-25-18-9-3-4-10-19(18)26(28(27)30(32)36)21-12-6-5-11-20(21)25/h3-13,25-28H,14-15H2,1-2H3,(H,31,33)/t25?,26?,27-,28-/m0/s1. The maximum Gasteiger partial charge on any atom is 0.326 e. The van der Waals surface area contributed by atoms with Crippen LogP contribution in [0.15, 0.2) is 66.7 Å². The second-order valence-electron chi connectivity index (χ2n) is 9.98. The lowest BCUT2D eigenvalue weighted by atomic mass is 9.55. The van der Waals surface area contributed by atoms with Crippen LogP contribution in [-0.2, 0) is 23.9 Å². The molecule has 7 rings (SSSR count). The van der Waals surface area contributed by atoms with Crippen LogP contribution in [0.5, 0.6) is 0 Å². The molecule has 1 heterocycles. The topological polar surface area (TPSA) is 92.8 Å². The molecule has 1 N–H and O–H groups in total. The normalized spacial score (nSPS) is 22.8. The molecule has 0 spiro atoms. The molecular formula is C30H26N2O5. The number of anilines is 1. The van der Waals surface area contributed by atoms with E-state index in [2.05, 4.69) is 5.32 Å². The van der Waals surface area contributed by atoms with E-state index in [1.165, 1.54) is 0 Å². The van der Waals surface area contributed by atoms with Gasteiger partial charge in [-0.1, -0.05) is 60.7 Å². The van der Waals surface area contributed by atoms with Crippen LogP contribution < -0.4 is 5.32 Å². The summed E-state index contributed by atoms with van der Waals surface area (Å²) in [6.07, 6.45) is 0. The van der Waals surface area contributed by atoms with Crippen LogP contribution in [-0.4, -0.2) is 41.7 Å². The van der Waals surface area contributed by atoms with Gasteiger partial charge in [0.1, 0.15) is 6.54 Å². The number of aryl methyl sites for hydroxylation is 1. The van der Waals surface area contributed by atoms with E-state index >= 15 is 0 Å². The number of carbonyl (C=O) groups excluding carboxylic acids is 4. The van der Waals surface area contributed by atoms with Crippen molar-refractivity contribution < 1.29 is 23.9 Å². The molecule has 1 fully saturated rings. The van der Waals surface area contributed by atoms with Gasteiger partial charge in [-0.25, -0.2) is 0 Å². The molecule has 4 aliphatic rings. The predicted octanol–water partition coefficient (Wildman–Crippen LogP) is 3.68. The summed E-state index contributed by atoms with van der Waals surface area (Å²) in [5.41, 5.74) is 6.88. The first-order valence-electron chi connectivity index (χ1n) is 12.4. The van der Waals surface area contributed by atoms with E-state index in [0.29, 0.717) is 5.69 Å². The Balaban J connectivity index is 1.18. The molecule has 0 saturated carbocycles. The minimum absolute atomic E-state index is 0.233. The van der Waals surface area contributed by atoms with Crippen molar-refractivity contribution in [2.75, 3.05) is 18.5 Å². The van der Waals surface area contributed by atoms with E-state index in [4.69, 9.17) is 4.74 Å². The SMILES string of the molecule is Cc1cccc(NC(=O)COC(=O)CN2C(=O)[C@H]3C4c5ccccc5C(c5ccccc54)[C@@H]3C2=O)c1C. The summed E-state index contributed by atoms with van der Waals surface area (Å²) in [7, 11) is 0. The number of imide groups is 1. The maximum absolute atomic E-state index is 13.6. The molecule has 3 amide bonds. The van der Waals surface area contributed by atoms with Crippen molar-refractivity contribution in [3.63, 3.8) is 0 Å². The number of nitrogens with zero attached hydrogens (tertiary/aromatic N) is 1. The summed E-state index contributed by atoms with van der Waals surface area (Å²) >= 11 is 0. The molecule has 3 aromatic carbocycles. The lowest BCUT2D eigenvalue weighted by Crippen LogP contribution is -2.41. The van der Waals surface area contributed by atoms with Gasteiger partial charge in [0.15, 0.2) is 6.61 Å². The van der Waals surface area contributed by atoms with E-state index in [9.17, 15) is 19.2 Å². The Morgan fingerprint density at radius 1 is 0.784 bits per heavy atom. The lowest BCUT2D eigenvalue weighted by Gasteiger charge is -2.45. The molecule has 2 atom stereocenters. The number of ether oxygens (including phenoxy) is 1. The van der Waals surface area contributed by atoms with Gasteiger partial charge < -0.3 is 10.1 Å². The second-order valence-corrected chi connectivity index (χ2v) is 9.98. The average molecular weight is 495 g/mol. The molecule has 0 radical (unpaired) electrons. The largest absolute Gasteiger partial charge is 0.454 e. The summed E-state index contributed by atoms with van der Waals surface area (Å²) in [5.74, 6) is -3.56. The first-order chi connectivity index (χ1) is 17.9. The zero-order valence-electron chi connectivity index (χ0n) is 20.6. The van der Waals surface area contributed by atoms with Crippen LogP contribution in [0.3, 0.4) is 0 Å². The third-order valence-corrected chi connectivity index (χ3v) is 8.07. The van der Waals surface area contributed by atoms with Gasteiger partial charge in [-0.05, 0) is 53.3 Å². The van der Waals surface area contributed by atoms with Gasteiger partial charge in [-0.2, -0.15) is 0 Å². The summed E-state index contributed by atoms with van der Waals surface area (Å²) in [6.45, 7) is 2.82. The molecule has 0 aromatic heterocycles. The van der Waals surface area contributed by atoms with Crippen molar-refractivity contribution in [2.45, 2.75) is 25.7 Å². The number of rotatable bonds is 5. The Kier molecular flexibility index (Phi) is 5.44. The molecule has 1 aliphatic heterocycles. The van der Waals surface area contributed by atoms with Gasteiger partial charge in [0, 0.05) is 17.5 Å². The van der Waals surface area contributed by atoms with Gasteiger partial charge in [0.2, 0.25) is 11.8 Å². The van der Waals surface area contributed by atoms with Crippen molar-refractivity contribution in [3.05, 3.63) is 100 Å². The highest BCUT2D eigenvalue weighted by atomic mass is 16.5. The van der Waals surface area contributed by atoms with Crippen LogP contribution in [0.1, 0.15) is 45.2 Å². The van der Waals surface area contributed by atoms with E-state index in [0.717, 1.165) is 38.3 Å². The molecule has 186 valence electrons. The molecule has 7 heteroatoms. The van der Waals surface area contributed by atoms with E-state index in [1.54, 1.807) is 6.07 Å². The molecule has 0 unspecified atom stereocenters. The Bertz CT molecular complexity index is 1360. The Morgan fingerprint density at radius 2 is 1.30 bits per heavy atom. The summed E-state index contributed by atoms with van der Waals surface area (Å²) in [4.78, 5) is 53.2. The lowest BCUT2D eigenvalue weighted by molar-refractivity contribution is -0.154. The number of likely N-dealkylation sites (tertiary alicyclic amines) is 1. The minimum Gasteiger partial charge on any atom is -0.454 e. The fraction of sp³-hybridized carbons (Fsp3) is 0.267. The summed E-state index contributed by atoms with van der Waals surface area (Å²) in [6, 6.07) is 21.5. The third kappa shape index (κ3) is 3.56. The van der Waals surface area contributed by atoms with Crippen LogP contribution in [0.4, 0.5) is 5.69 Å². The highest BCUT2D eigenvalue weighted by Crippen LogP contribution is 2.60. The molecule has 37 heavy (non-hydrogen) atoms. The Morgan fingerprint density at radius 3 is 1.81 bits per heavy atom. The summed E-state index contributed by atoms with van der Waals surface area (Å²) < 4.78 is 5.15. The number of carbonyl (C=O) groups is 4. The average Bonchev–Trinajstić information content (AvgIpc) is 3.15. The highest BCUT2D eigenvalue weighted by Gasteiger charge is 2.61. The van der Waals surface area contributed by atoms with Crippen molar-refractivity contribution in [3.8, 4) is 0 Å². The van der Waals surface area contributed by atoms with Crippen LogP contribution in [0, 0.1) is 25.7 Å². The maximum atomic E-state index is 13.6. The first kappa shape index (κ1) is 23.2. The zero-order chi connectivity index (χ0) is 25.8. The molecule has 3 aromatic rings. The fourth-order valence-corrected chi connectivity index (χ4v) is 6.29. The number of hydrogen-bond acceptors (Lipinski definition) is 5. The number of hydrogen-bond donors (Lipinski definition) is 1. The molecule has 1 saturated heterocycles. The molecule has 7 nitrogen and oxygen atoms in total. The Labute approximate surface area is 214 Å². The van der Waals surface area contributed by atoms with Crippen LogP contribution in [0.25, 0.3) is 0 Å². The zero-order valence-corrected chi connectivity index (χ0v) is 20.6. The molecule has 2 bridgehead atoms. The van der Waals surface area contributed by atoms with Crippen molar-refractivity contribution >= 4 is 29.4 Å². The molecular weight excluding hydrogens is 468 g/mol. The van der Waals surface area contributed by atoms with Gasteiger partial charge in [0.05, 0.1) is 11.8 Å². The van der Waals surface area contributed by atoms with Crippen molar-refractivity contribution in [2.24, 2.45) is 11.8 Å². The highest BCUT2D eigenvalue weighted by molar-refractivity contribution is 6.09. The van der Waals surface area contributed by atoms with Gasteiger partial charge in [-0.15, -0.1) is 0 Å². The number of amides is 3. The van der Waals surface area contributed by atoms with Crippen molar-refractivity contribution in [1.82, 2.24) is 4.90 Å². The predicted molar refractivity (Wildman–Crippen MR) is 136 cm³/mol. The second kappa shape index (κ2) is 8.69. The first-order valence-corrected chi connectivity index (χ1v) is 12.4. The van der Waals surface area contributed by atoms with Crippen molar-refractivity contribution in [1.29, 1.82) is 0 Å². The third-order valence-electron chi connectivity index (χ3n) is 8.07. The quantitative estimate of drug-likeness (QED) is 0.432. The summed E-state index contributed by atoms with van der Waals surface area (Å²) in [5, 5.41) is 2.73. The van der Waals surface area contributed by atoms with E-state index in [-0.39, 0.29) is 23.7 Å². The Hall–Kier alpha value is -4.26. The minimum atomic E-state index is -0.793. The van der Waals surface area contributed by atoms with E-state index < -0.39 is 36.9 Å². The smallest absolute Gasteiger partial charge is 0.326 e. The number of esters is 1. The van der Waals surface area contributed by atoms with Crippen LogP contribution in [0.2, 0.25) is 0 Å². The fourth-order valence-electron chi connectivity index (χ4n) is 6.29. The van der Waals surface area contributed by atoms with Gasteiger partial charge in [-0.3, -0.25) is 24.1 Å². The monoisotopic (exact) mass is 494 g/mol. The van der Waals surface area contributed by atoms with Gasteiger partial charge in [0.25, 0.3) is 5.91 Å². The number of benzene rings is 3. The molecule has 3 aliphatic carbocycles. The van der Waals surface area contributed by atoms with E-state index in [1.807, 2.05) is 74.5 Å². The van der Waals surface area contributed by atoms with Crippen LogP contribution >= 0.6 is 0 Å².